The summed E-state index contributed by atoms with van der Waals surface area (Å²) in [5, 5.41) is 24.5. The highest BCUT2D eigenvalue weighted by Gasteiger charge is 2.21. The molecule has 3 N–H and O–H groups in total. The van der Waals surface area contributed by atoms with Crippen LogP contribution in [0.2, 0.25) is 10.0 Å². The van der Waals surface area contributed by atoms with E-state index < -0.39 is 12.1 Å². The Kier molecular flexibility index (Phi) is 9.56. The zero-order valence-corrected chi connectivity index (χ0v) is 22.5. The fourth-order valence-electron chi connectivity index (χ4n) is 4.27. The predicted molar refractivity (Wildman–Crippen MR) is 146 cm³/mol. The molecule has 0 aliphatic rings. The maximum Gasteiger partial charge on any atom is 0.335 e. The van der Waals surface area contributed by atoms with Gasteiger partial charge in [0.15, 0.2) is 0 Å². The highest BCUT2D eigenvalue weighted by molar-refractivity contribution is 6.34. The number of carboxylic acid groups (broad SMARTS) is 1. The van der Waals surface area contributed by atoms with Gasteiger partial charge >= 0.3 is 5.97 Å². The lowest BCUT2D eigenvalue weighted by Gasteiger charge is -2.28. The number of carboxylic acids is 1. The maximum absolute atomic E-state index is 11.4. The largest absolute Gasteiger partial charge is 0.478 e. The van der Waals surface area contributed by atoms with E-state index in [1.807, 2.05) is 55.5 Å². The van der Waals surface area contributed by atoms with Crippen LogP contribution in [0.5, 0.6) is 0 Å². The fourth-order valence-corrected chi connectivity index (χ4v) is 4.84. The lowest BCUT2D eigenvalue weighted by molar-refractivity contribution is -0.00397. The summed E-state index contributed by atoms with van der Waals surface area (Å²) in [6.07, 6.45) is -0.263. The summed E-state index contributed by atoms with van der Waals surface area (Å²) in [4.78, 5) is 11.4. The van der Waals surface area contributed by atoms with Gasteiger partial charge in [0.2, 0.25) is 0 Å². The van der Waals surface area contributed by atoms with Crippen LogP contribution < -0.4 is 5.32 Å². The number of carbonyl (C=O) groups is 1. The summed E-state index contributed by atoms with van der Waals surface area (Å²) in [6.45, 7) is 8.40. The number of aryl methyl sites for hydroxylation is 1. The number of hydrogen-bond acceptors (Lipinski definition) is 4. The van der Waals surface area contributed by atoms with Gasteiger partial charge in [0.1, 0.15) is 0 Å². The third-order valence-electron chi connectivity index (χ3n) is 6.09. The van der Waals surface area contributed by atoms with Crippen LogP contribution in [-0.4, -0.2) is 41.0 Å². The Morgan fingerprint density at radius 2 is 1.72 bits per heavy atom. The van der Waals surface area contributed by atoms with Crippen molar-refractivity contribution in [2.45, 2.75) is 51.9 Å². The molecule has 0 saturated heterocycles. The van der Waals surface area contributed by atoms with E-state index in [1.54, 1.807) is 19.1 Å². The molecule has 0 aliphatic carbocycles. The number of aliphatic hydroxyl groups is 1. The van der Waals surface area contributed by atoms with E-state index in [9.17, 15) is 15.0 Å². The molecule has 3 rings (SSSR count). The number of benzene rings is 3. The predicted octanol–water partition coefficient (Wildman–Crippen LogP) is 6.72. The lowest BCUT2D eigenvalue weighted by atomic mass is 9.94. The smallest absolute Gasteiger partial charge is 0.335 e. The second kappa shape index (κ2) is 12.2. The van der Waals surface area contributed by atoms with E-state index in [-0.39, 0.29) is 23.8 Å². The van der Waals surface area contributed by atoms with Gasteiger partial charge in [-0.2, -0.15) is 0 Å². The van der Waals surface area contributed by atoms with Crippen LogP contribution in [0.25, 0.3) is 11.1 Å². The van der Waals surface area contributed by atoms with Crippen LogP contribution in [0, 0.1) is 6.92 Å². The Morgan fingerprint density at radius 3 is 2.36 bits per heavy atom. The van der Waals surface area contributed by atoms with Gasteiger partial charge in [-0.05, 0) is 86.2 Å². The van der Waals surface area contributed by atoms with Gasteiger partial charge in [0.25, 0.3) is 0 Å². The number of β-amino-alcohol motifs (C(OH)–C–C–N with tert-alkyl or cyclic N) is 1. The molecule has 36 heavy (non-hydrogen) atoms. The van der Waals surface area contributed by atoms with Gasteiger partial charge < -0.3 is 20.3 Å². The SMILES string of the molecule is Cc1cc(-c2ccccc2C(C)OC[C@H](O)CNC(C)(C)Cc2cc(Cl)cc(Cl)c2)ccc1C(=O)O. The molecular formula is C29H33Cl2NO4. The van der Waals surface area contributed by atoms with E-state index in [0.717, 1.165) is 22.3 Å². The molecule has 1 unspecified atom stereocenters. The molecule has 0 fully saturated rings. The monoisotopic (exact) mass is 529 g/mol. The van der Waals surface area contributed by atoms with Crippen LogP contribution in [0.1, 0.15) is 53.9 Å². The third-order valence-corrected chi connectivity index (χ3v) is 6.53. The van der Waals surface area contributed by atoms with Crippen molar-refractivity contribution in [1.82, 2.24) is 5.32 Å². The summed E-state index contributed by atoms with van der Waals surface area (Å²) in [5.74, 6) is -0.939. The molecule has 3 aromatic rings. The molecule has 192 valence electrons. The molecule has 3 aromatic carbocycles. The minimum atomic E-state index is -0.939. The number of halogens is 2. The summed E-state index contributed by atoms with van der Waals surface area (Å²) in [6, 6.07) is 18.7. The Morgan fingerprint density at radius 1 is 1.06 bits per heavy atom. The average Bonchev–Trinajstić information content (AvgIpc) is 2.80. The molecule has 0 bridgehead atoms. The first-order valence-electron chi connectivity index (χ1n) is 11.9. The zero-order chi connectivity index (χ0) is 26.5. The first kappa shape index (κ1) is 28.2. The van der Waals surface area contributed by atoms with Crippen molar-refractivity contribution in [3.63, 3.8) is 0 Å². The number of nitrogens with one attached hydrogen (secondary N) is 1. The Balaban J connectivity index is 1.59. The van der Waals surface area contributed by atoms with Crippen molar-refractivity contribution in [3.05, 3.63) is 93.0 Å². The topological polar surface area (TPSA) is 78.8 Å². The van der Waals surface area contributed by atoms with Crippen LogP contribution >= 0.6 is 23.2 Å². The van der Waals surface area contributed by atoms with E-state index in [4.69, 9.17) is 27.9 Å². The minimum Gasteiger partial charge on any atom is -0.478 e. The molecule has 2 atom stereocenters. The lowest BCUT2D eigenvalue weighted by Crippen LogP contribution is -2.46. The Labute approximate surface area is 223 Å². The number of aromatic carboxylic acids is 1. The molecule has 0 amide bonds. The first-order valence-corrected chi connectivity index (χ1v) is 12.6. The quantitative estimate of drug-likeness (QED) is 0.257. The van der Waals surface area contributed by atoms with Crippen molar-refractivity contribution < 1.29 is 19.7 Å². The zero-order valence-electron chi connectivity index (χ0n) is 21.0. The molecule has 0 aliphatic heterocycles. The third kappa shape index (κ3) is 7.79. The van der Waals surface area contributed by atoms with Gasteiger partial charge in [0, 0.05) is 22.1 Å². The number of hydrogen-bond donors (Lipinski definition) is 3. The highest BCUT2D eigenvalue weighted by atomic mass is 35.5. The van der Waals surface area contributed by atoms with Crippen molar-refractivity contribution in [3.8, 4) is 11.1 Å². The molecule has 7 heteroatoms. The highest BCUT2D eigenvalue weighted by Crippen LogP contribution is 2.31. The normalized spacial score (nSPS) is 13.4. The molecule has 0 radical (unpaired) electrons. The average molecular weight is 530 g/mol. The first-order chi connectivity index (χ1) is 16.9. The van der Waals surface area contributed by atoms with E-state index in [2.05, 4.69) is 19.2 Å². The van der Waals surface area contributed by atoms with E-state index >= 15 is 0 Å². The van der Waals surface area contributed by atoms with Crippen LogP contribution in [0.3, 0.4) is 0 Å². The van der Waals surface area contributed by atoms with E-state index in [0.29, 0.717) is 28.6 Å². The molecule has 0 saturated carbocycles. The summed E-state index contributed by atoms with van der Waals surface area (Å²) in [7, 11) is 0. The molecular weight excluding hydrogens is 497 g/mol. The van der Waals surface area contributed by atoms with Gasteiger partial charge in [-0.15, -0.1) is 0 Å². The van der Waals surface area contributed by atoms with Crippen LogP contribution in [0.15, 0.2) is 60.7 Å². The molecule has 5 nitrogen and oxygen atoms in total. The van der Waals surface area contributed by atoms with Crippen molar-refractivity contribution in [1.29, 1.82) is 0 Å². The number of aliphatic hydroxyl groups excluding tert-OH is 1. The van der Waals surface area contributed by atoms with Crippen LogP contribution in [0.4, 0.5) is 0 Å². The van der Waals surface area contributed by atoms with Gasteiger partial charge in [-0.25, -0.2) is 4.79 Å². The number of rotatable bonds is 11. The second-order valence-electron chi connectivity index (χ2n) is 9.77. The van der Waals surface area contributed by atoms with Crippen molar-refractivity contribution in [2.24, 2.45) is 0 Å². The summed E-state index contributed by atoms with van der Waals surface area (Å²) >= 11 is 12.2. The van der Waals surface area contributed by atoms with E-state index in [1.165, 1.54) is 0 Å². The standard InChI is InChI=1S/C29H33Cl2NO4/c1-18-11-21(9-10-25(18)28(34)35)27-8-6-5-7-26(27)19(2)36-17-24(33)16-32-29(3,4)15-20-12-22(30)14-23(31)13-20/h5-14,19,24,32-33H,15-17H2,1-4H3,(H,34,35)/t19?,24-/m1/s1. The Hall–Kier alpha value is -2.41. The number of ether oxygens (including phenoxy) is 1. The van der Waals surface area contributed by atoms with Gasteiger partial charge in [-0.1, -0.05) is 59.6 Å². The summed E-state index contributed by atoms with van der Waals surface area (Å²) in [5.41, 5.74) is 4.59. The maximum atomic E-state index is 11.4. The molecule has 0 aromatic heterocycles. The molecule has 0 spiro atoms. The molecule has 0 heterocycles. The van der Waals surface area contributed by atoms with Crippen LogP contribution in [-0.2, 0) is 11.2 Å². The second-order valence-corrected chi connectivity index (χ2v) is 10.6. The van der Waals surface area contributed by atoms with Crippen molar-refractivity contribution >= 4 is 29.2 Å². The fraction of sp³-hybridized carbons (Fsp3) is 0.345. The van der Waals surface area contributed by atoms with Gasteiger partial charge in [-0.3, -0.25) is 0 Å². The summed E-state index contributed by atoms with van der Waals surface area (Å²) < 4.78 is 6.04. The Bertz CT molecular complexity index is 1190. The minimum absolute atomic E-state index is 0.165. The van der Waals surface area contributed by atoms with Gasteiger partial charge in [0.05, 0.1) is 24.4 Å². The van der Waals surface area contributed by atoms with Crippen molar-refractivity contribution in [2.75, 3.05) is 13.2 Å².